The molecule has 0 fully saturated rings. The fourth-order valence-corrected chi connectivity index (χ4v) is 3.55. The molecule has 5 heteroatoms. The maximum Gasteiger partial charge on any atom is 0.352 e. The lowest BCUT2D eigenvalue weighted by Crippen LogP contribution is -2.27. The highest BCUT2D eigenvalue weighted by atomic mass is 32.1. The van der Waals surface area contributed by atoms with Gasteiger partial charge in [-0.25, -0.2) is 4.79 Å². The van der Waals surface area contributed by atoms with E-state index >= 15 is 0 Å². The summed E-state index contributed by atoms with van der Waals surface area (Å²) < 4.78 is 1.08. The van der Waals surface area contributed by atoms with E-state index in [2.05, 4.69) is 5.32 Å². The number of aryl methyl sites for hydroxylation is 1. The zero-order valence-corrected chi connectivity index (χ0v) is 13.8. The van der Waals surface area contributed by atoms with E-state index in [9.17, 15) is 14.7 Å². The summed E-state index contributed by atoms with van der Waals surface area (Å²) >= 11 is 1.50. The molecule has 1 aromatic heterocycles. The highest BCUT2D eigenvalue weighted by molar-refractivity contribution is 7.20. The molecule has 0 radical (unpaired) electrons. The van der Waals surface area contributed by atoms with Gasteiger partial charge in [-0.1, -0.05) is 36.4 Å². The maximum atomic E-state index is 12.2. The monoisotopic (exact) mass is 337 g/mol. The topological polar surface area (TPSA) is 66.4 Å². The third-order valence-electron chi connectivity index (χ3n) is 3.67. The van der Waals surface area contributed by atoms with Gasteiger partial charge in [0.15, 0.2) is 0 Å². The lowest BCUT2D eigenvalue weighted by Gasteiger charge is -2.06. The first-order chi connectivity index (χ1) is 11.6. The molecule has 3 rings (SSSR count). The quantitative estimate of drug-likeness (QED) is 0.705. The van der Waals surface area contributed by atoms with Crippen molar-refractivity contribution in [2.24, 2.45) is 0 Å². The van der Waals surface area contributed by atoms with Gasteiger partial charge in [-0.3, -0.25) is 4.79 Å². The van der Waals surface area contributed by atoms with Crippen molar-refractivity contribution in [3.8, 4) is 0 Å². The number of thiophene rings is 1. The number of carboxylic acid groups (broad SMARTS) is 1. The molecular formula is C19H15NO3S. The summed E-state index contributed by atoms with van der Waals surface area (Å²) in [5.41, 5.74) is 1.28. The number of fused-ring (bicyclic) bond motifs is 1. The zero-order chi connectivity index (χ0) is 17.1. The van der Waals surface area contributed by atoms with Gasteiger partial charge in [0.05, 0.1) is 0 Å². The molecule has 0 saturated carbocycles. The minimum atomic E-state index is -1.17. The molecule has 1 heterocycles. The van der Waals surface area contributed by atoms with Gasteiger partial charge in [0.25, 0.3) is 5.91 Å². The van der Waals surface area contributed by atoms with Crippen LogP contribution in [0.5, 0.6) is 0 Å². The Labute approximate surface area is 143 Å². The van der Waals surface area contributed by atoms with Crippen LogP contribution < -0.4 is 5.32 Å². The van der Waals surface area contributed by atoms with Crippen molar-refractivity contribution >= 4 is 39.4 Å². The number of carbonyl (C=O) groups excluding carboxylic acids is 1. The Bertz CT molecular complexity index is 942. The fraction of sp³-hybridized carbons (Fsp3) is 0.0526. The number of hydrogen-bond donors (Lipinski definition) is 2. The van der Waals surface area contributed by atoms with E-state index in [1.807, 2.05) is 31.2 Å². The molecule has 0 spiro atoms. The second kappa shape index (κ2) is 6.68. The molecule has 0 aliphatic rings. The normalized spacial score (nSPS) is 11.5. The summed E-state index contributed by atoms with van der Waals surface area (Å²) in [5, 5.41) is 13.0. The van der Waals surface area contributed by atoms with E-state index in [4.69, 9.17) is 0 Å². The standard InChI is InChI=1S/C19H15NO3S/c1-12-14-9-5-6-10-16(14)24-17(12)11-15(19(22)23)20-18(21)13-7-3-2-4-8-13/h2-11H,1H3,(H,20,21)(H,22,23). The lowest BCUT2D eigenvalue weighted by molar-refractivity contribution is -0.132. The average molecular weight is 337 g/mol. The Kier molecular flexibility index (Phi) is 4.44. The molecule has 0 saturated heterocycles. The number of hydrogen-bond acceptors (Lipinski definition) is 3. The molecule has 0 unspecified atom stereocenters. The van der Waals surface area contributed by atoms with Crippen molar-refractivity contribution in [1.29, 1.82) is 0 Å². The molecule has 1 amide bonds. The first-order valence-electron chi connectivity index (χ1n) is 7.36. The van der Waals surface area contributed by atoms with Gasteiger partial charge >= 0.3 is 5.97 Å². The summed E-state index contributed by atoms with van der Waals surface area (Å²) in [6.45, 7) is 1.95. The molecule has 120 valence electrons. The third kappa shape index (κ3) is 3.21. The predicted molar refractivity (Wildman–Crippen MR) is 96.1 cm³/mol. The summed E-state index contributed by atoms with van der Waals surface area (Å²) in [4.78, 5) is 24.5. The largest absolute Gasteiger partial charge is 0.477 e. The summed E-state index contributed by atoms with van der Waals surface area (Å²) in [6.07, 6.45) is 1.52. The van der Waals surface area contributed by atoms with Gasteiger partial charge in [0, 0.05) is 15.1 Å². The maximum absolute atomic E-state index is 12.2. The van der Waals surface area contributed by atoms with Crippen LogP contribution in [-0.4, -0.2) is 17.0 Å². The number of carbonyl (C=O) groups is 2. The molecule has 3 aromatic rings. The van der Waals surface area contributed by atoms with Crippen molar-refractivity contribution < 1.29 is 14.7 Å². The number of aliphatic carboxylic acids is 1. The van der Waals surface area contributed by atoms with Crippen molar-refractivity contribution in [3.63, 3.8) is 0 Å². The van der Waals surface area contributed by atoms with Gasteiger partial charge in [-0.2, -0.15) is 0 Å². The van der Waals surface area contributed by atoms with E-state index in [1.165, 1.54) is 17.4 Å². The smallest absolute Gasteiger partial charge is 0.352 e. The van der Waals surface area contributed by atoms with Crippen molar-refractivity contribution in [1.82, 2.24) is 5.32 Å². The zero-order valence-electron chi connectivity index (χ0n) is 12.9. The summed E-state index contributed by atoms with van der Waals surface area (Å²) in [7, 11) is 0. The molecule has 24 heavy (non-hydrogen) atoms. The molecule has 0 bridgehead atoms. The number of amides is 1. The summed E-state index contributed by atoms with van der Waals surface area (Å²) in [6, 6.07) is 16.4. The highest BCUT2D eigenvalue weighted by Crippen LogP contribution is 2.31. The molecule has 0 aliphatic carbocycles. The molecule has 4 nitrogen and oxygen atoms in total. The van der Waals surface area contributed by atoms with E-state index in [0.29, 0.717) is 5.56 Å². The van der Waals surface area contributed by atoms with Crippen LogP contribution in [0.2, 0.25) is 0 Å². The molecule has 0 atom stereocenters. The van der Waals surface area contributed by atoms with Crippen LogP contribution in [0, 0.1) is 6.92 Å². The Morgan fingerprint density at radius 3 is 2.38 bits per heavy atom. The lowest BCUT2D eigenvalue weighted by atomic mass is 10.1. The highest BCUT2D eigenvalue weighted by Gasteiger charge is 2.15. The molecule has 2 aromatic carbocycles. The Morgan fingerprint density at radius 1 is 1.04 bits per heavy atom. The van der Waals surface area contributed by atoms with Crippen molar-refractivity contribution in [2.45, 2.75) is 6.92 Å². The van der Waals surface area contributed by atoms with Gasteiger partial charge in [0.2, 0.25) is 0 Å². The average Bonchev–Trinajstić information content (AvgIpc) is 2.91. The van der Waals surface area contributed by atoms with E-state index in [-0.39, 0.29) is 5.70 Å². The number of rotatable bonds is 4. The summed E-state index contributed by atoms with van der Waals surface area (Å²) in [5.74, 6) is -1.61. The van der Waals surface area contributed by atoms with Crippen LogP contribution in [0.4, 0.5) is 0 Å². The minimum Gasteiger partial charge on any atom is -0.477 e. The van der Waals surface area contributed by atoms with Gasteiger partial charge < -0.3 is 10.4 Å². The number of carboxylic acids is 1. The van der Waals surface area contributed by atoms with Crippen molar-refractivity contribution in [2.75, 3.05) is 0 Å². The SMILES string of the molecule is Cc1c(C=C(NC(=O)c2ccccc2)C(=O)O)sc2ccccc12. The molecule has 2 N–H and O–H groups in total. The van der Waals surface area contributed by atoms with Crippen LogP contribution in [-0.2, 0) is 4.79 Å². The first-order valence-corrected chi connectivity index (χ1v) is 8.17. The van der Waals surface area contributed by atoms with Crippen LogP contribution in [0.1, 0.15) is 20.8 Å². The van der Waals surface area contributed by atoms with E-state index in [1.54, 1.807) is 30.3 Å². The van der Waals surface area contributed by atoms with Gasteiger partial charge in [0.1, 0.15) is 5.70 Å². The number of benzene rings is 2. The van der Waals surface area contributed by atoms with Crippen LogP contribution in [0.3, 0.4) is 0 Å². The Hall–Kier alpha value is -2.92. The second-order valence-electron chi connectivity index (χ2n) is 5.27. The second-order valence-corrected chi connectivity index (χ2v) is 6.35. The molecular weight excluding hydrogens is 322 g/mol. The van der Waals surface area contributed by atoms with Gasteiger partial charge in [-0.15, -0.1) is 11.3 Å². The molecule has 0 aliphatic heterocycles. The van der Waals surface area contributed by atoms with Crippen LogP contribution >= 0.6 is 11.3 Å². The Morgan fingerprint density at radius 2 is 1.71 bits per heavy atom. The predicted octanol–water partition coefficient (Wildman–Crippen LogP) is 4.07. The van der Waals surface area contributed by atoms with Crippen LogP contribution in [0.15, 0.2) is 60.3 Å². The van der Waals surface area contributed by atoms with E-state index in [0.717, 1.165) is 20.5 Å². The van der Waals surface area contributed by atoms with Crippen molar-refractivity contribution in [3.05, 3.63) is 76.3 Å². The van der Waals surface area contributed by atoms with E-state index < -0.39 is 11.9 Å². The van der Waals surface area contributed by atoms with Crippen LogP contribution in [0.25, 0.3) is 16.2 Å². The third-order valence-corrected chi connectivity index (χ3v) is 4.89. The first kappa shape index (κ1) is 16.0. The van der Waals surface area contributed by atoms with Gasteiger partial charge in [-0.05, 0) is 42.1 Å². The number of nitrogens with one attached hydrogen (secondary N) is 1. The Balaban J connectivity index is 1.95. The fourth-order valence-electron chi connectivity index (χ4n) is 2.40. The minimum absolute atomic E-state index is 0.140.